The van der Waals surface area contributed by atoms with Gasteiger partial charge in [0.15, 0.2) is 5.65 Å². The maximum absolute atomic E-state index is 12.8. The number of aryl methyl sites for hydroxylation is 1. The zero-order valence-electron chi connectivity index (χ0n) is 19.5. The van der Waals surface area contributed by atoms with Gasteiger partial charge in [0.25, 0.3) is 5.56 Å². The van der Waals surface area contributed by atoms with E-state index >= 15 is 0 Å². The monoisotopic (exact) mass is 461 g/mol. The number of carbonyl (C=O) groups excluding carboxylic acids is 3. The Morgan fingerprint density at radius 1 is 1.21 bits per heavy atom. The van der Waals surface area contributed by atoms with Crippen molar-refractivity contribution in [3.8, 4) is 0 Å². The third-order valence-electron chi connectivity index (χ3n) is 5.26. The van der Waals surface area contributed by atoms with Crippen LogP contribution in [0.25, 0.3) is 11.0 Å². The molecule has 3 rings (SSSR count). The highest BCUT2D eigenvalue weighted by atomic mass is 16.6. The summed E-state index contributed by atoms with van der Waals surface area (Å²) in [4.78, 5) is 55.4. The highest BCUT2D eigenvalue weighted by Gasteiger charge is 2.28. The van der Waals surface area contributed by atoms with Crippen LogP contribution in [0, 0.1) is 5.92 Å². The summed E-state index contributed by atoms with van der Waals surface area (Å²) in [5.74, 6) is -0.764. The van der Waals surface area contributed by atoms with Crippen molar-refractivity contribution in [2.75, 3.05) is 26.2 Å². The maximum Gasteiger partial charge on any atom is 0.407 e. The Kier molecular flexibility index (Phi) is 7.34. The fourth-order valence-electron chi connectivity index (χ4n) is 3.65. The first-order valence-corrected chi connectivity index (χ1v) is 10.9. The molecule has 1 unspecified atom stereocenters. The molecule has 1 aliphatic heterocycles. The number of fused-ring (bicyclic) bond motifs is 1. The van der Waals surface area contributed by atoms with E-state index in [4.69, 9.17) is 4.74 Å². The van der Waals surface area contributed by atoms with Crippen molar-refractivity contribution < 1.29 is 19.1 Å². The van der Waals surface area contributed by atoms with E-state index in [1.54, 1.807) is 32.7 Å². The van der Waals surface area contributed by atoms with Gasteiger partial charge in [0.2, 0.25) is 11.8 Å². The number of ether oxygens (including phenoxy) is 1. The summed E-state index contributed by atoms with van der Waals surface area (Å²) in [6.07, 6.45) is 3.59. The lowest BCUT2D eigenvalue weighted by molar-refractivity contribution is -0.136. The van der Waals surface area contributed by atoms with Crippen LogP contribution in [0.3, 0.4) is 0 Å². The molecule has 2 aromatic rings. The molecule has 1 fully saturated rings. The molecule has 1 atom stereocenters. The SMILES string of the molecule is Cn1ncc2c(=O)n(CC(=O)N3CCCC(C(=O)NCCNC(=O)OC(C)(C)C)C3)cnc21. The van der Waals surface area contributed by atoms with Crippen LogP contribution in [-0.4, -0.2) is 73.9 Å². The number of piperidine rings is 1. The molecule has 33 heavy (non-hydrogen) atoms. The number of aromatic nitrogens is 4. The third kappa shape index (κ3) is 6.30. The average Bonchev–Trinajstić information content (AvgIpc) is 3.13. The van der Waals surface area contributed by atoms with Crippen LogP contribution in [0.15, 0.2) is 17.3 Å². The van der Waals surface area contributed by atoms with E-state index in [9.17, 15) is 19.2 Å². The molecule has 12 heteroatoms. The minimum absolute atomic E-state index is 0.148. The number of nitrogens with one attached hydrogen (secondary N) is 2. The van der Waals surface area contributed by atoms with Crippen LogP contribution in [0.4, 0.5) is 4.79 Å². The van der Waals surface area contributed by atoms with Crippen molar-refractivity contribution in [1.82, 2.24) is 34.9 Å². The summed E-state index contributed by atoms with van der Waals surface area (Å²) in [6, 6.07) is 0. The van der Waals surface area contributed by atoms with Crippen molar-refractivity contribution in [3.63, 3.8) is 0 Å². The molecule has 0 aliphatic carbocycles. The van der Waals surface area contributed by atoms with Crippen molar-refractivity contribution in [1.29, 1.82) is 0 Å². The maximum atomic E-state index is 12.8. The second kappa shape index (κ2) is 10.0. The lowest BCUT2D eigenvalue weighted by atomic mass is 9.97. The molecular weight excluding hydrogens is 430 g/mol. The zero-order valence-corrected chi connectivity index (χ0v) is 19.5. The van der Waals surface area contributed by atoms with Crippen LogP contribution < -0.4 is 16.2 Å². The fraction of sp³-hybridized carbons (Fsp3) is 0.619. The van der Waals surface area contributed by atoms with E-state index in [1.807, 2.05) is 0 Å². The Morgan fingerprint density at radius 2 is 1.94 bits per heavy atom. The molecule has 180 valence electrons. The fourth-order valence-corrected chi connectivity index (χ4v) is 3.65. The second-order valence-corrected chi connectivity index (χ2v) is 9.08. The van der Waals surface area contributed by atoms with Crippen molar-refractivity contribution in [2.24, 2.45) is 13.0 Å². The van der Waals surface area contributed by atoms with Gasteiger partial charge in [-0.1, -0.05) is 0 Å². The molecule has 0 saturated carbocycles. The molecule has 3 amide bonds. The van der Waals surface area contributed by atoms with Gasteiger partial charge in [-0.05, 0) is 33.6 Å². The number of hydrogen-bond acceptors (Lipinski definition) is 7. The van der Waals surface area contributed by atoms with Gasteiger partial charge >= 0.3 is 6.09 Å². The van der Waals surface area contributed by atoms with E-state index in [1.165, 1.54) is 21.8 Å². The van der Waals surface area contributed by atoms with Crippen molar-refractivity contribution in [2.45, 2.75) is 45.8 Å². The molecule has 1 saturated heterocycles. The molecule has 2 N–H and O–H groups in total. The number of likely N-dealkylation sites (tertiary alicyclic amines) is 1. The molecule has 12 nitrogen and oxygen atoms in total. The Labute approximate surface area is 191 Å². The molecule has 0 radical (unpaired) electrons. The van der Waals surface area contributed by atoms with E-state index in [-0.39, 0.29) is 49.5 Å². The molecule has 3 heterocycles. The van der Waals surface area contributed by atoms with Crippen LogP contribution in [0.5, 0.6) is 0 Å². The van der Waals surface area contributed by atoms with Crippen molar-refractivity contribution in [3.05, 3.63) is 22.9 Å². The summed E-state index contributed by atoms with van der Waals surface area (Å²) in [5, 5.41) is 9.75. The van der Waals surface area contributed by atoms with E-state index < -0.39 is 11.7 Å². The van der Waals surface area contributed by atoms with Gasteiger partial charge in [-0.25, -0.2) is 9.78 Å². The molecule has 2 aromatic heterocycles. The highest BCUT2D eigenvalue weighted by molar-refractivity contribution is 5.81. The molecule has 0 spiro atoms. The van der Waals surface area contributed by atoms with Crippen LogP contribution in [0.2, 0.25) is 0 Å². The Hall–Kier alpha value is -3.44. The second-order valence-electron chi connectivity index (χ2n) is 9.08. The summed E-state index contributed by atoms with van der Waals surface area (Å²) < 4.78 is 7.91. The van der Waals surface area contributed by atoms with Gasteiger partial charge < -0.3 is 20.3 Å². The minimum atomic E-state index is -0.587. The standard InChI is InChI=1S/C21H31N7O5/c1-21(2,3)33-20(32)23-8-7-22-18(30)14-6-5-9-27(11-14)16(29)12-28-13-24-17-15(19(28)31)10-25-26(17)4/h10,13-14H,5-9,11-12H2,1-4H3,(H,22,30)(H,23,32). The summed E-state index contributed by atoms with van der Waals surface area (Å²) >= 11 is 0. The largest absolute Gasteiger partial charge is 0.444 e. The van der Waals surface area contributed by atoms with E-state index in [0.29, 0.717) is 30.4 Å². The van der Waals surface area contributed by atoms with Gasteiger partial charge in [-0.15, -0.1) is 0 Å². The van der Waals surface area contributed by atoms with Gasteiger partial charge in [0.05, 0.1) is 12.1 Å². The summed E-state index contributed by atoms with van der Waals surface area (Å²) in [6.45, 7) is 6.47. The summed E-state index contributed by atoms with van der Waals surface area (Å²) in [7, 11) is 1.69. The first-order valence-electron chi connectivity index (χ1n) is 10.9. The smallest absolute Gasteiger partial charge is 0.407 e. The summed E-state index contributed by atoms with van der Waals surface area (Å²) in [5.41, 5.74) is -0.457. The van der Waals surface area contributed by atoms with Gasteiger partial charge in [-0.2, -0.15) is 5.10 Å². The first kappa shape index (κ1) is 24.2. The quantitative estimate of drug-likeness (QED) is 0.578. The number of amides is 3. The number of carbonyl (C=O) groups is 3. The van der Waals surface area contributed by atoms with E-state index in [0.717, 1.165) is 0 Å². The average molecular weight is 462 g/mol. The number of alkyl carbamates (subject to hydrolysis) is 1. The molecule has 0 aromatic carbocycles. The lowest BCUT2D eigenvalue weighted by Gasteiger charge is -2.32. The topological polar surface area (TPSA) is 140 Å². The van der Waals surface area contributed by atoms with E-state index in [2.05, 4.69) is 20.7 Å². The number of rotatable bonds is 6. The number of nitrogens with zero attached hydrogens (tertiary/aromatic N) is 5. The zero-order chi connectivity index (χ0) is 24.2. The molecule has 0 bridgehead atoms. The van der Waals surface area contributed by atoms with Crippen LogP contribution in [-0.2, 0) is 27.9 Å². The molecule has 1 aliphatic rings. The van der Waals surface area contributed by atoms with Gasteiger partial charge in [-0.3, -0.25) is 23.6 Å². The predicted octanol–water partition coefficient (Wildman–Crippen LogP) is 0.00950. The minimum Gasteiger partial charge on any atom is -0.444 e. The normalized spacial score (nSPS) is 16.5. The molecular formula is C21H31N7O5. The highest BCUT2D eigenvalue weighted by Crippen LogP contribution is 2.17. The Balaban J connectivity index is 1.49. The van der Waals surface area contributed by atoms with Crippen LogP contribution in [0.1, 0.15) is 33.6 Å². The van der Waals surface area contributed by atoms with Crippen molar-refractivity contribution >= 4 is 28.9 Å². The van der Waals surface area contributed by atoms with Crippen LogP contribution >= 0.6 is 0 Å². The Morgan fingerprint density at radius 3 is 2.67 bits per heavy atom. The van der Waals surface area contributed by atoms with Gasteiger partial charge in [0.1, 0.15) is 23.9 Å². The lowest BCUT2D eigenvalue weighted by Crippen LogP contribution is -2.48. The van der Waals surface area contributed by atoms with Gasteiger partial charge in [0, 0.05) is 33.2 Å². The Bertz CT molecular complexity index is 1080. The first-order chi connectivity index (χ1) is 15.5. The number of hydrogen-bond donors (Lipinski definition) is 2. The third-order valence-corrected chi connectivity index (χ3v) is 5.26. The predicted molar refractivity (Wildman–Crippen MR) is 119 cm³/mol.